The number of amides is 1. The van der Waals surface area contributed by atoms with E-state index in [2.05, 4.69) is 0 Å². The maximum absolute atomic E-state index is 12.2. The first-order valence-corrected chi connectivity index (χ1v) is 6.29. The molecule has 1 aliphatic heterocycles. The molecule has 2 rings (SSSR count). The number of nitrogens with zero attached hydrogens (tertiary/aromatic N) is 1. The first kappa shape index (κ1) is 13.7. The molecule has 0 unspecified atom stereocenters. The van der Waals surface area contributed by atoms with Crippen molar-refractivity contribution < 1.29 is 14.3 Å². The summed E-state index contributed by atoms with van der Waals surface area (Å²) in [6, 6.07) is 5.48. The van der Waals surface area contributed by atoms with Gasteiger partial charge in [-0.2, -0.15) is 0 Å². The van der Waals surface area contributed by atoms with Gasteiger partial charge in [-0.3, -0.25) is 4.79 Å². The first-order valence-electron chi connectivity index (χ1n) is 6.29. The van der Waals surface area contributed by atoms with Gasteiger partial charge in [0.15, 0.2) is 11.5 Å². The Balaban J connectivity index is 2.11. The van der Waals surface area contributed by atoms with Crippen LogP contribution < -0.4 is 20.1 Å². The van der Waals surface area contributed by atoms with Crippen LogP contribution in [0.3, 0.4) is 0 Å². The molecule has 1 heterocycles. The topological polar surface area (TPSA) is 64.8 Å². The summed E-state index contributed by atoms with van der Waals surface area (Å²) in [4.78, 5) is 13.8. The Kier molecular flexibility index (Phi) is 3.66. The summed E-state index contributed by atoms with van der Waals surface area (Å²) in [5.41, 5.74) is 6.26. The number of hydrogen-bond donors (Lipinski definition) is 1. The van der Waals surface area contributed by atoms with Crippen molar-refractivity contribution in [3.8, 4) is 11.5 Å². The van der Waals surface area contributed by atoms with E-state index in [1.165, 1.54) is 0 Å². The SMILES string of the molecule is CN(C(=O)CC(C)(C)CN)c1ccc2c(c1)OCO2. The van der Waals surface area contributed by atoms with Crippen molar-refractivity contribution in [3.63, 3.8) is 0 Å². The summed E-state index contributed by atoms with van der Waals surface area (Å²) < 4.78 is 10.6. The van der Waals surface area contributed by atoms with Crippen LogP contribution >= 0.6 is 0 Å². The van der Waals surface area contributed by atoms with E-state index in [9.17, 15) is 4.79 Å². The Morgan fingerprint density at radius 3 is 2.74 bits per heavy atom. The van der Waals surface area contributed by atoms with E-state index in [-0.39, 0.29) is 18.1 Å². The van der Waals surface area contributed by atoms with Crippen molar-refractivity contribution in [1.82, 2.24) is 0 Å². The van der Waals surface area contributed by atoms with Crippen molar-refractivity contribution in [2.24, 2.45) is 11.1 Å². The van der Waals surface area contributed by atoms with E-state index < -0.39 is 0 Å². The highest BCUT2D eigenvalue weighted by atomic mass is 16.7. The molecule has 1 aromatic carbocycles. The fraction of sp³-hybridized carbons (Fsp3) is 0.500. The van der Waals surface area contributed by atoms with Gasteiger partial charge in [0.2, 0.25) is 12.7 Å². The van der Waals surface area contributed by atoms with E-state index in [4.69, 9.17) is 15.2 Å². The van der Waals surface area contributed by atoms with E-state index in [0.29, 0.717) is 24.5 Å². The van der Waals surface area contributed by atoms with Crippen LogP contribution in [0.5, 0.6) is 11.5 Å². The third-order valence-corrected chi connectivity index (χ3v) is 3.30. The molecule has 1 aromatic rings. The Hall–Kier alpha value is -1.75. The van der Waals surface area contributed by atoms with Crippen LogP contribution in [0.15, 0.2) is 18.2 Å². The molecule has 1 amide bonds. The Morgan fingerprint density at radius 1 is 1.37 bits per heavy atom. The molecule has 0 saturated carbocycles. The zero-order chi connectivity index (χ0) is 14.0. The molecule has 0 fully saturated rings. The molecule has 5 nitrogen and oxygen atoms in total. The van der Waals surface area contributed by atoms with Crippen molar-refractivity contribution in [2.45, 2.75) is 20.3 Å². The lowest BCUT2D eigenvalue weighted by atomic mass is 9.89. The predicted molar refractivity (Wildman–Crippen MR) is 73.4 cm³/mol. The highest BCUT2D eigenvalue weighted by Crippen LogP contribution is 2.35. The maximum atomic E-state index is 12.2. The van der Waals surface area contributed by atoms with E-state index in [1.54, 1.807) is 11.9 Å². The molecule has 0 bridgehead atoms. The van der Waals surface area contributed by atoms with Crippen LogP contribution in [-0.4, -0.2) is 26.3 Å². The van der Waals surface area contributed by atoms with Gasteiger partial charge >= 0.3 is 0 Å². The van der Waals surface area contributed by atoms with Crippen LogP contribution in [0, 0.1) is 5.41 Å². The largest absolute Gasteiger partial charge is 0.454 e. The second-order valence-electron chi connectivity index (χ2n) is 5.54. The van der Waals surface area contributed by atoms with Gasteiger partial charge < -0.3 is 20.1 Å². The molecule has 5 heteroatoms. The van der Waals surface area contributed by atoms with Gasteiger partial charge in [-0.25, -0.2) is 0 Å². The molecule has 0 aromatic heterocycles. The monoisotopic (exact) mass is 264 g/mol. The third kappa shape index (κ3) is 2.98. The summed E-state index contributed by atoms with van der Waals surface area (Å²) in [5.74, 6) is 1.43. The number of fused-ring (bicyclic) bond motifs is 1. The number of ether oxygens (including phenoxy) is 2. The minimum Gasteiger partial charge on any atom is -0.454 e. The van der Waals surface area contributed by atoms with Gasteiger partial charge in [0, 0.05) is 25.2 Å². The van der Waals surface area contributed by atoms with E-state index in [1.807, 2.05) is 32.0 Å². The van der Waals surface area contributed by atoms with Crippen LogP contribution in [0.25, 0.3) is 0 Å². The molecule has 0 aliphatic carbocycles. The van der Waals surface area contributed by atoms with E-state index in [0.717, 1.165) is 5.69 Å². The zero-order valence-electron chi connectivity index (χ0n) is 11.6. The van der Waals surface area contributed by atoms with E-state index >= 15 is 0 Å². The second kappa shape index (κ2) is 5.09. The van der Waals surface area contributed by atoms with Crippen LogP contribution in [0.1, 0.15) is 20.3 Å². The van der Waals surface area contributed by atoms with Crippen molar-refractivity contribution >= 4 is 11.6 Å². The van der Waals surface area contributed by atoms with Gasteiger partial charge in [-0.1, -0.05) is 13.8 Å². The number of hydrogen-bond acceptors (Lipinski definition) is 4. The summed E-state index contributed by atoms with van der Waals surface area (Å²) in [5, 5.41) is 0. The molecule has 2 N–H and O–H groups in total. The molecular formula is C14H20N2O3. The molecule has 1 aliphatic rings. The first-order chi connectivity index (χ1) is 8.93. The highest BCUT2D eigenvalue weighted by molar-refractivity contribution is 5.93. The lowest BCUT2D eigenvalue weighted by Gasteiger charge is -2.25. The van der Waals surface area contributed by atoms with Gasteiger partial charge in [-0.05, 0) is 24.1 Å². The number of carbonyl (C=O) groups excluding carboxylic acids is 1. The molecule has 0 atom stereocenters. The fourth-order valence-electron chi connectivity index (χ4n) is 1.84. The fourth-order valence-corrected chi connectivity index (χ4v) is 1.84. The van der Waals surface area contributed by atoms with Gasteiger partial charge in [0.05, 0.1) is 0 Å². The summed E-state index contributed by atoms with van der Waals surface area (Å²) in [7, 11) is 1.76. The predicted octanol–water partition coefficient (Wildman–Crippen LogP) is 1.75. The lowest BCUT2D eigenvalue weighted by Crippen LogP contribution is -2.34. The van der Waals surface area contributed by atoms with Crippen LogP contribution in [0.4, 0.5) is 5.69 Å². The number of nitrogens with two attached hydrogens (primary N) is 1. The van der Waals surface area contributed by atoms with Crippen LogP contribution in [0.2, 0.25) is 0 Å². The second-order valence-corrected chi connectivity index (χ2v) is 5.54. The quantitative estimate of drug-likeness (QED) is 0.900. The minimum absolute atomic E-state index is 0.0364. The smallest absolute Gasteiger partial charge is 0.231 e. The van der Waals surface area contributed by atoms with Crippen molar-refractivity contribution in [2.75, 3.05) is 25.3 Å². The van der Waals surface area contributed by atoms with Gasteiger partial charge in [-0.15, -0.1) is 0 Å². The van der Waals surface area contributed by atoms with Gasteiger partial charge in [0.1, 0.15) is 0 Å². The molecular weight excluding hydrogens is 244 g/mol. The lowest BCUT2D eigenvalue weighted by molar-refractivity contribution is -0.120. The highest BCUT2D eigenvalue weighted by Gasteiger charge is 2.24. The zero-order valence-corrected chi connectivity index (χ0v) is 11.6. The molecule has 0 radical (unpaired) electrons. The number of carbonyl (C=O) groups is 1. The Bertz CT molecular complexity index is 486. The van der Waals surface area contributed by atoms with Crippen molar-refractivity contribution in [1.29, 1.82) is 0 Å². The van der Waals surface area contributed by atoms with Crippen LogP contribution in [-0.2, 0) is 4.79 Å². The number of benzene rings is 1. The summed E-state index contributed by atoms with van der Waals surface area (Å²) >= 11 is 0. The molecule has 104 valence electrons. The summed E-state index contributed by atoms with van der Waals surface area (Å²) in [6.07, 6.45) is 0.411. The number of rotatable bonds is 4. The number of anilines is 1. The average Bonchev–Trinajstić information content (AvgIpc) is 2.84. The minimum atomic E-state index is -0.193. The van der Waals surface area contributed by atoms with Gasteiger partial charge in [0.25, 0.3) is 0 Å². The summed E-state index contributed by atoms with van der Waals surface area (Å²) in [6.45, 7) is 4.68. The molecule has 0 saturated heterocycles. The normalized spacial score (nSPS) is 13.5. The third-order valence-electron chi connectivity index (χ3n) is 3.30. The Morgan fingerprint density at radius 2 is 2.05 bits per heavy atom. The molecule has 19 heavy (non-hydrogen) atoms. The standard InChI is InChI=1S/C14H20N2O3/c1-14(2,8-15)7-13(17)16(3)10-4-5-11-12(6-10)19-9-18-11/h4-6H,7-9,15H2,1-3H3. The molecule has 0 spiro atoms. The average molecular weight is 264 g/mol. The maximum Gasteiger partial charge on any atom is 0.231 e. The Labute approximate surface area is 113 Å². The van der Waals surface area contributed by atoms with Crippen molar-refractivity contribution in [3.05, 3.63) is 18.2 Å².